The molecule has 0 radical (unpaired) electrons. The molecule has 0 aromatic rings. The van der Waals surface area contributed by atoms with Gasteiger partial charge in [-0.2, -0.15) is 0 Å². The minimum atomic E-state index is -0.882. The summed E-state index contributed by atoms with van der Waals surface area (Å²) >= 11 is 0. The van der Waals surface area contributed by atoms with Crippen LogP contribution in [0.25, 0.3) is 0 Å². The molecular weight excluding hydrogens is 654 g/mol. The number of carbonyl (C=O) groups is 3. The number of hydrogen-bond donors (Lipinski definition) is 1. The number of likely N-dealkylation sites (N-methyl/N-ethyl adjacent to an activating group) is 1. The van der Waals surface area contributed by atoms with Crippen molar-refractivity contribution >= 4 is 17.9 Å². The summed E-state index contributed by atoms with van der Waals surface area (Å²) in [5, 5.41) is 9.60. The van der Waals surface area contributed by atoms with Gasteiger partial charge in [0.25, 0.3) is 0 Å². The number of allylic oxidation sites excluding steroid dienone is 8. The molecular formula is C44H78NO7+. The van der Waals surface area contributed by atoms with E-state index < -0.39 is 18.1 Å². The number of esters is 2. The second-order valence-electron chi connectivity index (χ2n) is 14.9. The van der Waals surface area contributed by atoms with Crippen LogP contribution >= 0.6 is 0 Å². The number of carboxylic acid groups (broad SMARTS) is 1. The standard InChI is InChI=1S/C44H77NO7/c1-6-8-10-12-14-16-18-20-21-22-23-25-27-29-31-33-35-43(47)52-40(38-50-37-36-41(44(48)49)45(3,4)5)39-51-42(46)34-32-30-28-26-24-19-17-15-13-11-9-7-2/h8,10,14,16,20-21,23,25,40-41H,6-7,9,11-13,15,17-19,22,24,26-39H2,1-5H3/p+1/b10-8+,16-14+,21-20+,25-23+. The van der Waals surface area contributed by atoms with Gasteiger partial charge in [0.15, 0.2) is 12.1 Å². The largest absolute Gasteiger partial charge is 0.477 e. The van der Waals surface area contributed by atoms with Crippen LogP contribution < -0.4 is 0 Å². The van der Waals surface area contributed by atoms with Crippen molar-refractivity contribution in [3.05, 3.63) is 48.6 Å². The number of carboxylic acids is 1. The van der Waals surface area contributed by atoms with Gasteiger partial charge in [-0.15, -0.1) is 0 Å². The first-order valence-electron chi connectivity index (χ1n) is 20.7. The Labute approximate surface area is 318 Å². The normalized spacial score (nSPS) is 13.5. The van der Waals surface area contributed by atoms with Crippen molar-refractivity contribution in [1.29, 1.82) is 0 Å². The summed E-state index contributed by atoms with van der Waals surface area (Å²) in [5.41, 5.74) is 0. The monoisotopic (exact) mass is 733 g/mol. The fourth-order valence-electron chi connectivity index (χ4n) is 5.79. The smallest absolute Gasteiger partial charge is 0.362 e. The molecule has 0 rings (SSSR count). The van der Waals surface area contributed by atoms with Crippen LogP contribution in [0.3, 0.4) is 0 Å². The van der Waals surface area contributed by atoms with E-state index in [1.807, 2.05) is 21.1 Å². The van der Waals surface area contributed by atoms with Crippen molar-refractivity contribution in [2.24, 2.45) is 0 Å². The van der Waals surface area contributed by atoms with Crippen molar-refractivity contribution in [2.75, 3.05) is 41.0 Å². The number of unbranched alkanes of at least 4 members (excludes halogenated alkanes) is 14. The number of aliphatic carboxylic acids is 1. The minimum Gasteiger partial charge on any atom is -0.477 e. The van der Waals surface area contributed by atoms with Crippen molar-refractivity contribution < 1.29 is 38.2 Å². The summed E-state index contributed by atoms with van der Waals surface area (Å²) in [6.07, 6.45) is 40.1. The van der Waals surface area contributed by atoms with Gasteiger partial charge in [-0.25, -0.2) is 4.79 Å². The highest BCUT2D eigenvalue weighted by Gasteiger charge is 2.31. The van der Waals surface area contributed by atoms with Crippen LogP contribution in [-0.4, -0.2) is 80.6 Å². The highest BCUT2D eigenvalue weighted by atomic mass is 16.6. The first-order chi connectivity index (χ1) is 25.1. The average molecular weight is 733 g/mol. The number of ether oxygens (including phenoxy) is 3. The summed E-state index contributed by atoms with van der Waals surface area (Å²) in [5.74, 6) is -1.51. The molecule has 2 atom stereocenters. The zero-order chi connectivity index (χ0) is 38.5. The molecule has 2 unspecified atom stereocenters. The molecule has 0 aromatic heterocycles. The van der Waals surface area contributed by atoms with Gasteiger partial charge in [0.05, 0.1) is 34.4 Å². The molecule has 0 heterocycles. The van der Waals surface area contributed by atoms with Crippen LogP contribution in [0.1, 0.15) is 162 Å². The molecule has 8 nitrogen and oxygen atoms in total. The van der Waals surface area contributed by atoms with Gasteiger partial charge in [0, 0.05) is 19.3 Å². The quantitative estimate of drug-likeness (QED) is 0.0296. The molecule has 0 amide bonds. The topological polar surface area (TPSA) is 99.1 Å². The number of quaternary nitrogens is 1. The molecule has 0 fully saturated rings. The van der Waals surface area contributed by atoms with Crippen LogP contribution in [0.2, 0.25) is 0 Å². The maximum atomic E-state index is 12.7. The SMILES string of the molecule is CC/C=C/C/C=C/C/C=C/C/C=C/CCCCCC(=O)OC(COCCC(C(=O)O)[N+](C)(C)C)COC(=O)CCCCCCCCCCCCCC. The lowest BCUT2D eigenvalue weighted by atomic mass is 10.0. The zero-order valence-corrected chi connectivity index (χ0v) is 34.0. The first-order valence-corrected chi connectivity index (χ1v) is 20.7. The molecule has 300 valence electrons. The molecule has 0 saturated heterocycles. The van der Waals surface area contributed by atoms with Crippen molar-refractivity contribution in [1.82, 2.24) is 0 Å². The number of nitrogens with zero attached hydrogens (tertiary/aromatic N) is 1. The summed E-state index contributed by atoms with van der Waals surface area (Å²) in [7, 11) is 5.51. The predicted octanol–water partition coefficient (Wildman–Crippen LogP) is 10.9. The molecule has 0 saturated carbocycles. The molecule has 0 bridgehead atoms. The Bertz CT molecular complexity index is 995. The lowest BCUT2D eigenvalue weighted by molar-refractivity contribution is -0.887. The Balaban J connectivity index is 4.45. The fourth-order valence-corrected chi connectivity index (χ4v) is 5.79. The molecule has 1 N–H and O–H groups in total. The van der Waals surface area contributed by atoms with E-state index in [0.717, 1.165) is 70.6 Å². The highest BCUT2D eigenvalue weighted by molar-refractivity contribution is 5.72. The van der Waals surface area contributed by atoms with Crippen molar-refractivity contribution in [3.8, 4) is 0 Å². The minimum absolute atomic E-state index is 0.0485. The number of carbonyl (C=O) groups excluding carboxylic acids is 2. The Kier molecular flexibility index (Phi) is 33.5. The highest BCUT2D eigenvalue weighted by Crippen LogP contribution is 2.14. The maximum absolute atomic E-state index is 12.7. The van der Waals surface area contributed by atoms with E-state index in [0.29, 0.717) is 19.3 Å². The lowest BCUT2D eigenvalue weighted by Gasteiger charge is -2.31. The van der Waals surface area contributed by atoms with Gasteiger partial charge in [-0.05, 0) is 51.4 Å². The van der Waals surface area contributed by atoms with E-state index in [4.69, 9.17) is 14.2 Å². The average Bonchev–Trinajstić information content (AvgIpc) is 3.09. The number of rotatable bonds is 36. The maximum Gasteiger partial charge on any atom is 0.362 e. The summed E-state index contributed by atoms with van der Waals surface area (Å²) in [6, 6.07) is -0.619. The van der Waals surface area contributed by atoms with E-state index in [9.17, 15) is 19.5 Å². The van der Waals surface area contributed by atoms with Crippen molar-refractivity contribution in [3.63, 3.8) is 0 Å². The third-order valence-electron chi connectivity index (χ3n) is 8.99. The van der Waals surface area contributed by atoms with Crippen LogP contribution in [0.4, 0.5) is 0 Å². The summed E-state index contributed by atoms with van der Waals surface area (Å²) < 4.78 is 17.2. The van der Waals surface area contributed by atoms with Gasteiger partial charge in [0.2, 0.25) is 0 Å². The van der Waals surface area contributed by atoms with Crippen LogP contribution in [0, 0.1) is 0 Å². The van der Waals surface area contributed by atoms with Gasteiger partial charge < -0.3 is 23.8 Å². The van der Waals surface area contributed by atoms with E-state index >= 15 is 0 Å². The molecule has 0 spiro atoms. The van der Waals surface area contributed by atoms with Crippen LogP contribution in [-0.2, 0) is 28.6 Å². The van der Waals surface area contributed by atoms with Gasteiger partial charge in [0.1, 0.15) is 6.61 Å². The summed E-state index contributed by atoms with van der Waals surface area (Å²) in [6.45, 7) is 4.57. The first kappa shape index (κ1) is 49.3. The third-order valence-corrected chi connectivity index (χ3v) is 8.99. The Morgan fingerprint density at radius 3 is 1.60 bits per heavy atom. The second kappa shape index (κ2) is 35.3. The third kappa shape index (κ3) is 33.1. The Morgan fingerprint density at radius 2 is 1.08 bits per heavy atom. The fraction of sp³-hybridized carbons (Fsp3) is 0.750. The van der Waals surface area contributed by atoms with E-state index in [2.05, 4.69) is 62.5 Å². The molecule has 0 aliphatic carbocycles. The molecule has 0 aliphatic heterocycles. The molecule has 8 heteroatoms. The summed E-state index contributed by atoms with van der Waals surface area (Å²) in [4.78, 5) is 36.9. The van der Waals surface area contributed by atoms with Crippen LogP contribution in [0.5, 0.6) is 0 Å². The van der Waals surface area contributed by atoms with Gasteiger partial charge in [-0.1, -0.05) is 140 Å². The van der Waals surface area contributed by atoms with Gasteiger partial charge >= 0.3 is 17.9 Å². The molecule has 0 aliphatic rings. The Hall–Kier alpha value is -2.71. The molecule has 0 aromatic carbocycles. The van der Waals surface area contributed by atoms with Crippen molar-refractivity contribution in [2.45, 2.75) is 174 Å². The van der Waals surface area contributed by atoms with Gasteiger partial charge in [-0.3, -0.25) is 9.59 Å². The lowest BCUT2D eigenvalue weighted by Crippen LogP contribution is -2.50. The number of hydrogen-bond acceptors (Lipinski definition) is 6. The van der Waals surface area contributed by atoms with E-state index in [1.54, 1.807) is 0 Å². The van der Waals surface area contributed by atoms with E-state index in [-0.39, 0.29) is 36.2 Å². The molecule has 52 heavy (non-hydrogen) atoms. The Morgan fingerprint density at radius 1 is 0.596 bits per heavy atom. The zero-order valence-electron chi connectivity index (χ0n) is 34.0. The van der Waals surface area contributed by atoms with Crippen LogP contribution in [0.15, 0.2) is 48.6 Å². The second-order valence-corrected chi connectivity index (χ2v) is 14.9. The van der Waals surface area contributed by atoms with E-state index in [1.165, 1.54) is 57.8 Å². The predicted molar refractivity (Wildman–Crippen MR) is 215 cm³/mol.